The Balaban J connectivity index is 2.75. The highest BCUT2D eigenvalue weighted by molar-refractivity contribution is 7.99. The molecule has 5 heteroatoms. The highest BCUT2D eigenvalue weighted by Crippen LogP contribution is 2.23. The van der Waals surface area contributed by atoms with Crippen LogP contribution in [0.15, 0.2) is 6.33 Å². The largest absolute Gasteiger partial charge is 0.373 e. The number of nitrogens with zero attached hydrogens (tertiary/aromatic N) is 2. The number of hydrogen-bond donors (Lipinski definition) is 2. The van der Waals surface area contributed by atoms with Crippen LogP contribution in [0.25, 0.3) is 0 Å². The Bertz CT molecular complexity index is 352. The molecule has 16 heavy (non-hydrogen) atoms. The Kier molecular flexibility index (Phi) is 4.41. The van der Waals surface area contributed by atoms with E-state index in [9.17, 15) is 0 Å². The van der Waals surface area contributed by atoms with Gasteiger partial charge in [-0.15, -0.1) is 0 Å². The quantitative estimate of drug-likeness (QED) is 0.827. The third kappa shape index (κ3) is 3.27. The van der Waals surface area contributed by atoms with Crippen molar-refractivity contribution in [1.29, 1.82) is 0 Å². The molecule has 1 aromatic rings. The topological polar surface area (TPSA) is 49.8 Å². The molecule has 0 saturated heterocycles. The first-order chi connectivity index (χ1) is 7.50. The van der Waals surface area contributed by atoms with Crippen LogP contribution in [0.3, 0.4) is 0 Å². The van der Waals surface area contributed by atoms with Crippen LogP contribution in [-0.4, -0.2) is 34.6 Å². The van der Waals surface area contributed by atoms with Crippen molar-refractivity contribution in [3.63, 3.8) is 0 Å². The second-order valence-corrected chi connectivity index (χ2v) is 5.78. The number of thioether (sulfide) groups is 1. The van der Waals surface area contributed by atoms with E-state index in [1.54, 1.807) is 6.33 Å². The average molecular weight is 240 g/mol. The molecular weight excluding hydrogens is 220 g/mol. The third-order valence-electron chi connectivity index (χ3n) is 2.56. The zero-order valence-electron chi connectivity index (χ0n) is 10.6. The molecule has 0 radical (unpaired) electrons. The van der Waals surface area contributed by atoms with Crippen LogP contribution < -0.4 is 10.6 Å². The van der Waals surface area contributed by atoms with Crippen LogP contribution in [0, 0.1) is 6.92 Å². The summed E-state index contributed by atoms with van der Waals surface area (Å²) in [4.78, 5) is 8.41. The van der Waals surface area contributed by atoms with Crippen molar-refractivity contribution in [2.24, 2.45) is 0 Å². The standard InChI is InChI=1S/C11H20N4S/c1-8-9(12-4)14-7-15-10(8)13-6-11(2,3)16-5/h7H,6H2,1-5H3,(H2,12,13,14,15). The van der Waals surface area contributed by atoms with Crippen molar-refractivity contribution < 1.29 is 0 Å². The molecule has 0 spiro atoms. The Morgan fingerprint density at radius 3 is 2.50 bits per heavy atom. The van der Waals surface area contributed by atoms with E-state index in [0.29, 0.717) is 0 Å². The van der Waals surface area contributed by atoms with Crippen molar-refractivity contribution in [2.45, 2.75) is 25.5 Å². The molecule has 4 nitrogen and oxygen atoms in total. The van der Waals surface area contributed by atoms with Gasteiger partial charge in [-0.1, -0.05) is 0 Å². The zero-order chi connectivity index (χ0) is 12.2. The van der Waals surface area contributed by atoms with Gasteiger partial charge in [0.15, 0.2) is 0 Å². The van der Waals surface area contributed by atoms with E-state index in [2.05, 4.69) is 40.7 Å². The molecule has 90 valence electrons. The Labute approximate surface area is 102 Å². The Morgan fingerprint density at radius 1 is 1.31 bits per heavy atom. The first-order valence-corrected chi connectivity index (χ1v) is 6.51. The van der Waals surface area contributed by atoms with E-state index in [0.717, 1.165) is 23.7 Å². The zero-order valence-corrected chi connectivity index (χ0v) is 11.4. The molecule has 0 fully saturated rings. The van der Waals surface area contributed by atoms with Gasteiger partial charge in [0, 0.05) is 23.9 Å². The van der Waals surface area contributed by atoms with E-state index in [4.69, 9.17) is 0 Å². The molecule has 0 bridgehead atoms. The lowest BCUT2D eigenvalue weighted by atomic mass is 10.2. The molecule has 2 N–H and O–H groups in total. The molecule has 1 rings (SSSR count). The van der Waals surface area contributed by atoms with Crippen molar-refractivity contribution in [2.75, 3.05) is 30.5 Å². The molecule has 0 unspecified atom stereocenters. The number of anilines is 2. The summed E-state index contributed by atoms with van der Waals surface area (Å²) in [7, 11) is 1.87. The third-order valence-corrected chi connectivity index (χ3v) is 3.80. The van der Waals surface area contributed by atoms with Gasteiger partial charge in [0.25, 0.3) is 0 Å². The van der Waals surface area contributed by atoms with Crippen molar-refractivity contribution in [3.05, 3.63) is 11.9 Å². The van der Waals surface area contributed by atoms with Gasteiger partial charge in [0.1, 0.15) is 18.0 Å². The number of hydrogen-bond acceptors (Lipinski definition) is 5. The van der Waals surface area contributed by atoms with Crippen molar-refractivity contribution in [3.8, 4) is 0 Å². The van der Waals surface area contributed by atoms with Crippen LogP contribution in [0.5, 0.6) is 0 Å². The lowest BCUT2D eigenvalue weighted by molar-refractivity contribution is 0.749. The van der Waals surface area contributed by atoms with Gasteiger partial charge in [0.2, 0.25) is 0 Å². The summed E-state index contributed by atoms with van der Waals surface area (Å²) in [5.41, 5.74) is 1.06. The van der Waals surface area contributed by atoms with Gasteiger partial charge in [-0.3, -0.25) is 0 Å². The van der Waals surface area contributed by atoms with Crippen molar-refractivity contribution in [1.82, 2.24) is 9.97 Å². The second kappa shape index (κ2) is 5.39. The summed E-state index contributed by atoms with van der Waals surface area (Å²) >= 11 is 1.84. The van der Waals surface area contributed by atoms with E-state index in [1.807, 2.05) is 25.7 Å². The maximum Gasteiger partial charge on any atom is 0.134 e. The molecule has 0 amide bonds. The highest BCUT2D eigenvalue weighted by atomic mass is 32.2. The Morgan fingerprint density at radius 2 is 1.94 bits per heavy atom. The summed E-state index contributed by atoms with van der Waals surface area (Å²) < 4.78 is 0.206. The van der Waals surface area contributed by atoms with Gasteiger partial charge in [0.05, 0.1) is 0 Å². The number of aromatic nitrogens is 2. The predicted octanol–water partition coefficient (Wildman–Crippen LogP) is 2.38. The molecule has 0 aromatic carbocycles. The molecule has 0 atom stereocenters. The minimum atomic E-state index is 0.206. The van der Waals surface area contributed by atoms with Crippen LogP contribution in [0.2, 0.25) is 0 Å². The molecule has 0 saturated carbocycles. The Hall–Kier alpha value is -0.970. The first kappa shape index (κ1) is 13.1. The van der Waals surface area contributed by atoms with Crippen LogP contribution >= 0.6 is 11.8 Å². The van der Waals surface area contributed by atoms with Gasteiger partial charge in [-0.2, -0.15) is 11.8 Å². The summed E-state index contributed by atoms with van der Waals surface area (Å²) in [6.45, 7) is 7.32. The SMILES string of the molecule is CNc1ncnc(NCC(C)(C)SC)c1C. The lowest BCUT2D eigenvalue weighted by Gasteiger charge is -2.23. The van der Waals surface area contributed by atoms with E-state index < -0.39 is 0 Å². The normalized spacial score (nSPS) is 11.3. The van der Waals surface area contributed by atoms with E-state index in [-0.39, 0.29) is 4.75 Å². The van der Waals surface area contributed by atoms with Crippen LogP contribution in [-0.2, 0) is 0 Å². The molecular formula is C11H20N4S. The predicted molar refractivity (Wildman–Crippen MR) is 72.4 cm³/mol. The van der Waals surface area contributed by atoms with Gasteiger partial charge in [-0.05, 0) is 27.0 Å². The summed E-state index contributed by atoms with van der Waals surface area (Å²) in [6, 6.07) is 0. The monoisotopic (exact) mass is 240 g/mol. The maximum atomic E-state index is 4.25. The summed E-state index contributed by atoms with van der Waals surface area (Å²) in [6.07, 6.45) is 3.70. The molecule has 1 heterocycles. The fourth-order valence-electron chi connectivity index (χ4n) is 1.25. The second-order valence-electron chi connectivity index (χ2n) is 4.26. The fraction of sp³-hybridized carbons (Fsp3) is 0.636. The van der Waals surface area contributed by atoms with Gasteiger partial charge >= 0.3 is 0 Å². The summed E-state index contributed by atoms with van der Waals surface area (Å²) in [5, 5.41) is 6.42. The fourth-order valence-corrected chi connectivity index (χ4v) is 1.47. The molecule has 1 aromatic heterocycles. The van der Waals surface area contributed by atoms with E-state index in [1.165, 1.54) is 0 Å². The van der Waals surface area contributed by atoms with Gasteiger partial charge < -0.3 is 10.6 Å². The lowest BCUT2D eigenvalue weighted by Crippen LogP contribution is -2.26. The van der Waals surface area contributed by atoms with E-state index >= 15 is 0 Å². The summed E-state index contributed by atoms with van der Waals surface area (Å²) in [5.74, 6) is 1.78. The number of rotatable bonds is 5. The molecule has 0 aliphatic rings. The van der Waals surface area contributed by atoms with Crippen LogP contribution in [0.1, 0.15) is 19.4 Å². The smallest absolute Gasteiger partial charge is 0.134 e. The first-order valence-electron chi connectivity index (χ1n) is 5.28. The van der Waals surface area contributed by atoms with Crippen LogP contribution in [0.4, 0.5) is 11.6 Å². The molecule has 0 aliphatic heterocycles. The number of nitrogens with one attached hydrogen (secondary N) is 2. The average Bonchev–Trinajstić information content (AvgIpc) is 2.28. The maximum absolute atomic E-state index is 4.25. The molecule has 0 aliphatic carbocycles. The van der Waals surface area contributed by atoms with Crippen molar-refractivity contribution >= 4 is 23.4 Å². The minimum absolute atomic E-state index is 0.206. The highest BCUT2D eigenvalue weighted by Gasteiger charge is 2.16. The minimum Gasteiger partial charge on any atom is -0.373 e. The van der Waals surface area contributed by atoms with Gasteiger partial charge in [-0.25, -0.2) is 9.97 Å².